The summed E-state index contributed by atoms with van der Waals surface area (Å²) in [6.07, 6.45) is 4.61. The summed E-state index contributed by atoms with van der Waals surface area (Å²) in [4.78, 5) is 7.14. The number of hydrogen-bond donors (Lipinski definition) is 1. The third kappa shape index (κ3) is 1.86. The fourth-order valence-electron chi connectivity index (χ4n) is 2.86. The number of nitrogens with two attached hydrogens (primary N) is 1. The van der Waals surface area contributed by atoms with Crippen LogP contribution in [-0.2, 0) is 6.54 Å². The molecule has 2 aromatic heterocycles. The van der Waals surface area contributed by atoms with Crippen LogP contribution in [-0.4, -0.2) is 22.5 Å². The van der Waals surface area contributed by atoms with E-state index in [2.05, 4.69) is 16.2 Å². The fourth-order valence-corrected chi connectivity index (χ4v) is 2.86. The summed E-state index contributed by atoms with van der Waals surface area (Å²) in [6, 6.07) is 6.08. The van der Waals surface area contributed by atoms with E-state index in [-0.39, 0.29) is 0 Å². The Balaban J connectivity index is 2.05. The number of hydrogen-bond acceptors (Lipinski definition) is 3. The number of piperidine rings is 1. The van der Waals surface area contributed by atoms with Gasteiger partial charge in [0.2, 0.25) is 0 Å². The molecular formula is C14H20N4. The number of nitrogens with zero attached hydrogens (tertiary/aromatic N) is 3. The molecule has 1 aliphatic rings. The van der Waals surface area contributed by atoms with Crippen LogP contribution < -0.4 is 10.6 Å². The Kier molecular flexibility index (Phi) is 2.96. The van der Waals surface area contributed by atoms with Crippen molar-refractivity contribution < 1.29 is 0 Å². The summed E-state index contributed by atoms with van der Waals surface area (Å²) < 4.78 is 2.11. The number of aromatic nitrogens is 2. The standard InChI is InChI=1S/C14H20N4/c1-11-5-4-7-17(10-11)14-12(9-15)18-8-3-2-6-13(18)16-14/h2-3,6,8,11H,4-5,7,9-10,15H2,1H3. The van der Waals surface area contributed by atoms with Crippen molar-refractivity contribution >= 4 is 11.5 Å². The van der Waals surface area contributed by atoms with Crippen molar-refractivity contribution in [1.82, 2.24) is 9.38 Å². The Morgan fingerprint density at radius 2 is 2.33 bits per heavy atom. The maximum absolute atomic E-state index is 5.91. The third-order valence-electron chi connectivity index (χ3n) is 3.76. The molecule has 0 spiro atoms. The first-order valence-electron chi connectivity index (χ1n) is 6.70. The van der Waals surface area contributed by atoms with Crippen molar-refractivity contribution in [3.8, 4) is 0 Å². The van der Waals surface area contributed by atoms with Crippen LogP contribution in [0.2, 0.25) is 0 Å². The van der Waals surface area contributed by atoms with E-state index in [1.54, 1.807) is 0 Å². The molecule has 0 aliphatic carbocycles. The Hall–Kier alpha value is -1.55. The Morgan fingerprint density at radius 3 is 3.11 bits per heavy atom. The zero-order chi connectivity index (χ0) is 12.5. The molecule has 96 valence electrons. The predicted molar refractivity (Wildman–Crippen MR) is 73.7 cm³/mol. The number of rotatable bonds is 2. The molecule has 1 fully saturated rings. The molecule has 2 N–H and O–H groups in total. The van der Waals surface area contributed by atoms with E-state index in [0.717, 1.165) is 36.2 Å². The molecule has 3 rings (SSSR count). The third-order valence-corrected chi connectivity index (χ3v) is 3.76. The highest BCUT2D eigenvalue weighted by Gasteiger charge is 2.22. The topological polar surface area (TPSA) is 46.6 Å². The van der Waals surface area contributed by atoms with E-state index in [1.807, 2.05) is 24.4 Å². The quantitative estimate of drug-likeness (QED) is 0.879. The lowest BCUT2D eigenvalue weighted by atomic mass is 10.0. The summed E-state index contributed by atoms with van der Waals surface area (Å²) in [7, 11) is 0. The first-order valence-corrected chi connectivity index (χ1v) is 6.70. The Bertz CT molecular complexity index is 546. The molecule has 0 aromatic carbocycles. The molecule has 2 aromatic rings. The lowest BCUT2D eigenvalue weighted by molar-refractivity contribution is 0.444. The van der Waals surface area contributed by atoms with Crippen LogP contribution in [0.4, 0.5) is 5.82 Å². The van der Waals surface area contributed by atoms with Gasteiger partial charge in [-0.15, -0.1) is 0 Å². The second kappa shape index (κ2) is 4.61. The van der Waals surface area contributed by atoms with Crippen molar-refractivity contribution in [2.45, 2.75) is 26.3 Å². The van der Waals surface area contributed by atoms with Crippen molar-refractivity contribution in [3.05, 3.63) is 30.1 Å². The highest BCUT2D eigenvalue weighted by Crippen LogP contribution is 2.26. The van der Waals surface area contributed by atoms with Gasteiger partial charge in [-0.3, -0.25) is 0 Å². The van der Waals surface area contributed by atoms with Gasteiger partial charge in [-0.2, -0.15) is 0 Å². The van der Waals surface area contributed by atoms with Gasteiger partial charge < -0.3 is 15.0 Å². The van der Waals surface area contributed by atoms with E-state index in [4.69, 9.17) is 10.7 Å². The SMILES string of the molecule is CC1CCCN(c2nc3ccccn3c2CN)C1. The van der Waals surface area contributed by atoms with Gasteiger partial charge in [0, 0.05) is 25.8 Å². The van der Waals surface area contributed by atoms with Crippen LogP contribution in [0, 0.1) is 5.92 Å². The summed E-state index contributed by atoms with van der Waals surface area (Å²) in [5, 5.41) is 0. The number of imidazole rings is 1. The maximum Gasteiger partial charge on any atom is 0.152 e. The van der Waals surface area contributed by atoms with Crippen LogP contribution in [0.15, 0.2) is 24.4 Å². The molecule has 0 saturated carbocycles. The number of anilines is 1. The van der Waals surface area contributed by atoms with Crippen molar-refractivity contribution in [3.63, 3.8) is 0 Å². The van der Waals surface area contributed by atoms with E-state index >= 15 is 0 Å². The van der Waals surface area contributed by atoms with E-state index in [9.17, 15) is 0 Å². The largest absolute Gasteiger partial charge is 0.355 e. The second-order valence-corrected chi connectivity index (χ2v) is 5.21. The molecule has 1 unspecified atom stereocenters. The fraction of sp³-hybridized carbons (Fsp3) is 0.500. The molecule has 4 nitrogen and oxygen atoms in total. The van der Waals surface area contributed by atoms with Crippen LogP contribution in [0.1, 0.15) is 25.5 Å². The van der Waals surface area contributed by atoms with Gasteiger partial charge in [-0.1, -0.05) is 13.0 Å². The second-order valence-electron chi connectivity index (χ2n) is 5.21. The van der Waals surface area contributed by atoms with Crippen LogP contribution in [0.3, 0.4) is 0 Å². The minimum Gasteiger partial charge on any atom is -0.355 e. The normalized spacial score (nSPS) is 20.6. The molecule has 1 atom stereocenters. The van der Waals surface area contributed by atoms with Crippen molar-refractivity contribution in [1.29, 1.82) is 0 Å². The molecule has 0 radical (unpaired) electrons. The predicted octanol–water partition coefficient (Wildman–Crippen LogP) is 2.03. The maximum atomic E-state index is 5.91. The van der Waals surface area contributed by atoms with Gasteiger partial charge >= 0.3 is 0 Å². The smallest absolute Gasteiger partial charge is 0.152 e. The highest BCUT2D eigenvalue weighted by molar-refractivity contribution is 5.56. The van der Waals surface area contributed by atoms with E-state index in [1.165, 1.54) is 12.8 Å². The molecule has 1 saturated heterocycles. The van der Waals surface area contributed by atoms with Crippen molar-refractivity contribution in [2.24, 2.45) is 11.7 Å². The molecule has 0 bridgehead atoms. The first kappa shape index (κ1) is 11.5. The molecule has 1 aliphatic heterocycles. The lowest BCUT2D eigenvalue weighted by Crippen LogP contribution is -2.35. The zero-order valence-electron chi connectivity index (χ0n) is 10.8. The van der Waals surface area contributed by atoms with Gasteiger partial charge in [0.15, 0.2) is 5.82 Å². The van der Waals surface area contributed by atoms with Gasteiger partial charge in [-0.05, 0) is 30.9 Å². The molecule has 4 heteroatoms. The van der Waals surface area contributed by atoms with Crippen molar-refractivity contribution in [2.75, 3.05) is 18.0 Å². The lowest BCUT2D eigenvalue weighted by Gasteiger charge is -2.31. The Labute approximate surface area is 107 Å². The minimum atomic E-state index is 0.533. The van der Waals surface area contributed by atoms with E-state index in [0.29, 0.717) is 6.54 Å². The van der Waals surface area contributed by atoms with Gasteiger partial charge in [-0.25, -0.2) is 4.98 Å². The molecular weight excluding hydrogens is 224 g/mol. The van der Waals surface area contributed by atoms with Crippen LogP contribution >= 0.6 is 0 Å². The van der Waals surface area contributed by atoms with Crippen LogP contribution in [0.5, 0.6) is 0 Å². The zero-order valence-corrected chi connectivity index (χ0v) is 10.8. The van der Waals surface area contributed by atoms with E-state index < -0.39 is 0 Å². The summed E-state index contributed by atoms with van der Waals surface area (Å²) in [5.41, 5.74) is 8.03. The first-order chi connectivity index (χ1) is 8.79. The molecule has 3 heterocycles. The summed E-state index contributed by atoms with van der Waals surface area (Å²) in [5.74, 6) is 1.82. The summed E-state index contributed by atoms with van der Waals surface area (Å²) >= 11 is 0. The average molecular weight is 244 g/mol. The minimum absolute atomic E-state index is 0.533. The number of pyridine rings is 1. The van der Waals surface area contributed by atoms with Gasteiger partial charge in [0.25, 0.3) is 0 Å². The monoisotopic (exact) mass is 244 g/mol. The van der Waals surface area contributed by atoms with Crippen LogP contribution in [0.25, 0.3) is 5.65 Å². The number of fused-ring (bicyclic) bond motifs is 1. The van der Waals surface area contributed by atoms with Gasteiger partial charge in [0.1, 0.15) is 5.65 Å². The summed E-state index contributed by atoms with van der Waals surface area (Å²) in [6.45, 7) is 5.04. The van der Waals surface area contributed by atoms with Gasteiger partial charge in [0.05, 0.1) is 5.69 Å². The molecule has 0 amide bonds. The molecule has 18 heavy (non-hydrogen) atoms. The Morgan fingerprint density at radius 1 is 1.44 bits per heavy atom. The average Bonchev–Trinajstić information content (AvgIpc) is 2.77. The highest BCUT2D eigenvalue weighted by atomic mass is 15.2.